The van der Waals surface area contributed by atoms with Crippen LogP contribution in [0.4, 0.5) is 8.78 Å². The lowest BCUT2D eigenvalue weighted by molar-refractivity contribution is 0.0779. The van der Waals surface area contributed by atoms with Crippen molar-refractivity contribution in [3.8, 4) is 0 Å². The Morgan fingerprint density at radius 2 is 1.85 bits per heavy atom. The van der Waals surface area contributed by atoms with Crippen LogP contribution < -0.4 is 0 Å². The molecule has 2 aromatic carbocycles. The number of hydrogen-bond donors (Lipinski definition) is 0. The molecule has 0 aromatic heterocycles. The second kappa shape index (κ2) is 6.13. The van der Waals surface area contributed by atoms with Crippen molar-refractivity contribution < 1.29 is 13.6 Å². The van der Waals surface area contributed by atoms with E-state index in [0.717, 1.165) is 0 Å². The lowest BCUT2D eigenvalue weighted by Crippen LogP contribution is -2.27. The molecule has 5 heteroatoms. The van der Waals surface area contributed by atoms with Gasteiger partial charge in [0.25, 0.3) is 5.91 Å². The molecule has 0 aliphatic heterocycles. The van der Waals surface area contributed by atoms with Gasteiger partial charge in [-0.25, -0.2) is 8.78 Å². The maximum atomic E-state index is 13.7. The zero-order valence-electron chi connectivity index (χ0n) is 10.7. The predicted octanol–water partition coefficient (Wildman–Crippen LogP) is 4.00. The van der Waals surface area contributed by atoms with Gasteiger partial charge in [0.2, 0.25) is 0 Å². The highest BCUT2D eigenvalue weighted by molar-refractivity contribution is 9.10. The molecule has 2 nitrogen and oxygen atoms in total. The molecular formula is C15H12BrF2NO. The van der Waals surface area contributed by atoms with E-state index in [9.17, 15) is 13.6 Å². The number of nitrogens with zero attached hydrogens (tertiary/aromatic N) is 1. The molecule has 0 saturated heterocycles. The molecule has 2 aromatic rings. The third kappa shape index (κ3) is 3.22. The molecule has 104 valence electrons. The van der Waals surface area contributed by atoms with E-state index in [1.54, 1.807) is 24.3 Å². The molecule has 0 fully saturated rings. The van der Waals surface area contributed by atoms with E-state index in [1.807, 2.05) is 0 Å². The van der Waals surface area contributed by atoms with Gasteiger partial charge in [-0.2, -0.15) is 0 Å². The first-order valence-electron chi connectivity index (χ1n) is 5.93. The highest BCUT2D eigenvalue weighted by Crippen LogP contribution is 2.18. The van der Waals surface area contributed by atoms with E-state index in [1.165, 1.54) is 30.1 Å². The van der Waals surface area contributed by atoms with Crippen molar-refractivity contribution in [3.63, 3.8) is 0 Å². The SMILES string of the molecule is CN(Cc1ccccc1F)C(=O)c1ccc(Br)cc1F. The van der Waals surface area contributed by atoms with Crippen LogP contribution in [0.5, 0.6) is 0 Å². The number of rotatable bonds is 3. The third-order valence-electron chi connectivity index (χ3n) is 2.87. The minimum atomic E-state index is -0.607. The van der Waals surface area contributed by atoms with Gasteiger partial charge >= 0.3 is 0 Å². The van der Waals surface area contributed by atoms with Gasteiger partial charge in [-0.15, -0.1) is 0 Å². The number of benzene rings is 2. The van der Waals surface area contributed by atoms with Crippen molar-refractivity contribution >= 4 is 21.8 Å². The largest absolute Gasteiger partial charge is 0.337 e. The molecule has 0 radical (unpaired) electrons. The Bertz CT molecular complexity index is 646. The van der Waals surface area contributed by atoms with Gasteiger partial charge in [0.1, 0.15) is 11.6 Å². The van der Waals surface area contributed by atoms with Crippen molar-refractivity contribution in [3.05, 3.63) is 69.7 Å². The van der Waals surface area contributed by atoms with Gasteiger partial charge in [-0.05, 0) is 24.3 Å². The quantitative estimate of drug-likeness (QED) is 0.827. The van der Waals surface area contributed by atoms with Crippen molar-refractivity contribution in [2.75, 3.05) is 7.05 Å². The minimum Gasteiger partial charge on any atom is -0.337 e. The summed E-state index contributed by atoms with van der Waals surface area (Å²) in [5.41, 5.74) is 0.355. The molecule has 0 spiro atoms. The van der Waals surface area contributed by atoms with Crippen LogP contribution >= 0.6 is 15.9 Å². The maximum absolute atomic E-state index is 13.7. The summed E-state index contributed by atoms with van der Waals surface area (Å²) in [4.78, 5) is 13.4. The van der Waals surface area contributed by atoms with Gasteiger partial charge in [0.15, 0.2) is 0 Å². The molecule has 0 bridgehead atoms. The fraction of sp³-hybridized carbons (Fsp3) is 0.133. The van der Waals surface area contributed by atoms with E-state index in [4.69, 9.17) is 0 Å². The maximum Gasteiger partial charge on any atom is 0.256 e. The van der Waals surface area contributed by atoms with Gasteiger partial charge < -0.3 is 4.90 Å². The molecule has 0 atom stereocenters. The fourth-order valence-corrected chi connectivity index (χ4v) is 2.16. The van der Waals surface area contributed by atoms with Crippen molar-refractivity contribution in [1.82, 2.24) is 4.90 Å². The summed E-state index contributed by atoms with van der Waals surface area (Å²) in [7, 11) is 1.51. The summed E-state index contributed by atoms with van der Waals surface area (Å²) >= 11 is 3.13. The van der Waals surface area contributed by atoms with E-state index in [-0.39, 0.29) is 17.9 Å². The zero-order valence-corrected chi connectivity index (χ0v) is 12.3. The Labute approximate surface area is 124 Å². The average Bonchev–Trinajstić information content (AvgIpc) is 2.40. The zero-order chi connectivity index (χ0) is 14.7. The van der Waals surface area contributed by atoms with E-state index < -0.39 is 11.7 Å². The highest BCUT2D eigenvalue weighted by Gasteiger charge is 2.17. The summed E-state index contributed by atoms with van der Waals surface area (Å²) in [5, 5.41) is 0. The highest BCUT2D eigenvalue weighted by atomic mass is 79.9. The first-order valence-corrected chi connectivity index (χ1v) is 6.72. The molecule has 20 heavy (non-hydrogen) atoms. The number of carbonyl (C=O) groups is 1. The van der Waals surface area contributed by atoms with Crippen molar-refractivity contribution in [1.29, 1.82) is 0 Å². The second-order valence-electron chi connectivity index (χ2n) is 4.38. The number of amides is 1. The third-order valence-corrected chi connectivity index (χ3v) is 3.37. The van der Waals surface area contributed by atoms with Crippen LogP contribution in [0.2, 0.25) is 0 Å². The van der Waals surface area contributed by atoms with Crippen LogP contribution in [-0.4, -0.2) is 17.9 Å². The normalized spacial score (nSPS) is 10.4. The Kier molecular flexibility index (Phi) is 4.49. The van der Waals surface area contributed by atoms with Gasteiger partial charge in [0.05, 0.1) is 5.56 Å². The van der Waals surface area contributed by atoms with Crippen LogP contribution in [0.1, 0.15) is 15.9 Å². The molecule has 0 N–H and O–H groups in total. The number of carbonyl (C=O) groups excluding carboxylic acids is 1. The Balaban J connectivity index is 2.19. The van der Waals surface area contributed by atoms with Crippen LogP contribution in [0, 0.1) is 11.6 Å². The van der Waals surface area contributed by atoms with E-state index >= 15 is 0 Å². The van der Waals surface area contributed by atoms with Crippen molar-refractivity contribution in [2.45, 2.75) is 6.54 Å². The second-order valence-corrected chi connectivity index (χ2v) is 5.29. The van der Waals surface area contributed by atoms with Crippen LogP contribution in [-0.2, 0) is 6.54 Å². The van der Waals surface area contributed by atoms with Crippen molar-refractivity contribution in [2.24, 2.45) is 0 Å². The predicted molar refractivity (Wildman–Crippen MR) is 76.3 cm³/mol. The van der Waals surface area contributed by atoms with E-state index in [2.05, 4.69) is 15.9 Å². The molecule has 1 amide bonds. The first kappa shape index (κ1) is 14.7. The molecule has 0 saturated carbocycles. The van der Waals surface area contributed by atoms with Crippen LogP contribution in [0.3, 0.4) is 0 Å². The average molecular weight is 340 g/mol. The number of halogens is 3. The van der Waals surface area contributed by atoms with Crippen LogP contribution in [0.15, 0.2) is 46.9 Å². The molecule has 2 rings (SSSR count). The fourth-order valence-electron chi connectivity index (χ4n) is 1.82. The standard InChI is InChI=1S/C15H12BrF2NO/c1-19(9-10-4-2-3-5-13(10)17)15(20)12-7-6-11(16)8-14(12)18/h2-8H,9H2,1H3. The summed E-state index contributed by atoms with van der Waals surface area (Å²) in [6.07, 6.45) is 0. The van der Waals surface area contributed by atoms with Gasteiger partial charge in [-0.1, -0.05) is 34.1 Å². The lowest BCUT2D eigenvalue weighted by Gasteiger charge is -2.18. The summed E-state index contributed by atoms with van der Waals surface area (Å²) in [5.74, 6) is -1.48. The minimum absolute atomic E-state index is 0.0351. The summed E-state index contributed by atoms with van der Waals surface area (Å²) < 4.78 is 27.8. The molecule has 0 heterocycles. The van der Waals surface area contributed by atoms with Crippen LogP contribution in [0.25, 0.3) is 0 Å². The molecule has 0 unspecified atom stereocenters. The Morgan fingerprint density at radius 3 is 2.50 bits per heavy atom. The number of hydrogen-bond acceptors (Lipinski definition) is 1. The Hall–Kier alpha value is -1.75. The molecular weight excluding hydrogens is 328 g/mol. The van der Waals surface area contributed by atoms with Gasteiger partial charge in [-0.3, -0.25) is 4.79 Å². The van der Waals surface area contributed by atoms with Gasteiger partial charge in [0, 0.05) is 23.6 Å². The van der Waals surface area contributed by atoms with E-state index in [0.29, 0.717) is 10.0 Å². The summed E-state index contributed by atoms with van der Waals surface area (Å²) in [6.45, 7) is 0.0843. The lowest BCUT2D eigenvalue weighted by atomic mass is 10.1. The topological polar surface area (TPSA) is 20.3 Å². The molecule has 0 aliphatic carbocycles. The smallest absolute Gasteiger partial charge is 0.256 e. The monoisotopic (exact) mass is 339 g/mol. The summed E-state index contributed by atoms with van der Waals surface area (Å²) in [6, 6.07) is 10.4. The first-order chi connectivity index (χ1) is 9.49. The molecule has 0 aliphatic rings. The Morgan fingerprint density at radius 1 is 1.15 bits per heavy atom.